The van der Waals surface area contributed by atoms with Crippen LogP contribution in [-0.4, -0.2) is 23.3 Å². The summed E-state index contributed by atoms with van der Waals surface area (Å²) in [7, 11) is 0. The minimum Gasteiger partial charge on any atom is -0.388 e. The minimum atomic E-state index is -0.725. The third kappa shape index (κ3) is 3.41. The normalized spacial score (nSPS) is 22.3. The molecule has 0 radical (unpaired) electrons. The lowest BCUT2D eigenvalue weighted by Gasteiger charge is -2.20. The lowest BCUT2D eigenvalue weighted by Crippen LogP contribution is -2.38. The summed E-state index contributed by atoms with van der Waals surface area (Å²) in [4.78, 5) is 0. The monoisotopic (exact) mass is 153 g/mol. The first-order chi connectivity index (χ1) is 5.14. The Morgan fingerprint density at radius 1 is 1.73 bits per heavy atom. The van der Waals surface area contributed by atoms with Gasteiger partial charge < -0.3 is 10.4 Å². The molecule has 1 fully saturated rings. The van der Waals surface area contributed by atoms with Crippen LogP contribution in [-0.2, 0) is 0 Å². The first kappa shape index (κ1) is 8.58. The van der Waals surface area contributed by atoms with Crippen LogP contribution in [0, 0.1) is 12.3 Å². The lowest BCUT2D eigenvalue weighted by molar-refractivity contribution is 0.0647. The molecule has 1 atom stereocenters. The quantitative estimate of drug-likeness (QED) is 0.577. The highest BCUT2D eigenvalue weighted by Crippen LogP contribution is 2.19. The maximum absolute atomic E-state index is 9.59. The van der Waals surface area contributed by atoms with Crippen LogP contribution in [0.4, 0.5) is 0 Å². The minimum absolute atomic E-state index is 0.423. The average molecular weight is 153 g/mol. The summed E-state index contributed by atoms with van der Waals surface area (Å²) in [6, 6.07) is 0.638. The largest absolute Gasteiger partial charge is 0.388 e. The molecule has 2 heteroatoms. The maximum atomic E-state index is 9.59. The average Bonchev–Trinajstić information content (AvgIpc) is 2.65. The van der Waals surface area contributed by atoms with E-state index >= 15 is 0 Å². The molecule has 1 rings (SSSR count). The van der Waals surface area contributed by atoms with Gasteiger partial charge in [-0.05, 0) is 19.8 Å². The van der Waals surface area contributed by atoms with Gasteiger partial charge in [0.05, 0.1) is 5.60 Å². The van der Waals surface area contributed by atoms with Crippen molar-refractivity contribution in [2.24, 2.45) is 0 Å². The van der Waals surface area contributed by atoms with Crippen molar-refractivity contribution in [2.75, 3.05) is 6.54 Å². The highest BCUT2D eigenvalue weighted by Gasteiger charge is 2.25. The van der Waals surface area contributed by atoms with Gasteiger partial charge in [-0.1, -0.05) is 0 Å². The van der Waals surface area contributed by atoms with Gasteiger partial charge in [-0.15, -0.1) is 12.3 Å². The van der Waals surface area contributed by atoms with Crippen molar-refractivity contribution in [1.29, 1.82) is 0 Å². The number of terminal acetylenes is 1. The third-order valence-corrected chi connectivity index (χ3v) is 1.83. The predicted octanol–water partition coefficient (Wildman–Crippen LogP) is 0.513. The fourth-order valence-corrected chi connectivity index (χ4v) is 0.934. The van der Waals surface area contributed by atoms with E-state index in [1.807, 2.05) is 0 Å². The third-order valence-electron chi connectivity index (χ3n) is 1.83. The van der Waals surface area contributed by atoms with Crippen molar-refractivity contribution in [2.45, 2.75) is 37.8 Å². The summed E-state index contributed by atoms with van der Waals surface area (Å²) in [5, 5.41) is 12.8. The van der Waals surface area contributed by atoms with Crippen LogP contribution in [0.1, 0.15) is 26.2 Å². The Morgan fingerprint density at radius 2 is 2.36 bits per heavy atom. The first-order valence-electron chi connectivity index (χ1n) is 4.03. The Labute approximate surface area is 68.0 Å². The molecule has 0 aromatic rings. The van der Waals surface area contributed by atoms with E-state index in [1.54, 1.807) is 6.92 Å². The Balaban J connectivity index is 2.16. The second-order valence-corrected chi connectivity index (χ2v) is 3.53. The Hall–Kier alpha value is -0.520. The molecule has 62 valence electrons. The second kappa shape index (κ2) is 3.25. The molecule has 0 bridgehead atoms. The van der Waals surface area contributed by atoms with Gasteiger partial charge in [-0.3, -0.25) is 0 Å². The fourth-order valence-electron chi connectivity index (χ4n) is 0.934. The standard InChI is InChI=1S/C9H15NO/c1-3-6-9(2,11)7-10-8-4-5-8/h1,8,10-11H,4-7H2,2H3. The Morgan fingerprint density at radius 3 is 2.82 bits per heavy atom. The molecule has 2 nitrogen and oxygen atoms in total. The van der Waals surface area contributed by atoms with Crippen molar-refractivity contribution in [3.63, 3.8) is 0 Å². The zero-order valence-electron chi connectivity index (χ0n) is 6.93. The van der Waals surface area contributed by atoms with Gasteiger partial charge in [-0.2, -0.15) is 0 Å². The molecular formula is C9H15NO. The SMILES string of the molecule is C#CCC(C)(O)CNC1CC1. The summed E-state index contributed by atoms with van der Waals surface area (Å²) >= 11 is 0. The number of nitrogens with one attached hydrogen (secondary N) is 1. The van der Waals surface area contributed by atoms with Crippen molar-refractivity contribution >= 4 is 0 Å². The lowest BCUT2D eigenvalue weighted by atomic mass is 10.0. The molecule has 1 saturated carbocycles. The molecule has 1 unspecified atom stereocenters. The van der Waals surface area contributed by atoms with Crippen LogP contribution in [0.3, 0.4) is 0 Å². The van der Waals surface area contributed by atoms with Crippen molar-refractivity contribution in [1.82, 2.24) is 5.32 Å². The molecule has 0 amide bonds. The number of hydrogen-bond donors (Lipinski definition) is 2. The Bertz CT molecular complexity index is 165. The molecule has 0 aromatic heterocycles. The highest BCUT2D eigenvalue weighted by molar-refractivity contribution is 4.95. The van der Waals surface area contributed by atoms with Gasteiger partial charge in [0.15, 0.2) is 0 Å². The molecule has 1 aliphatic rings. The molecule has 1 aliphatic carbocycles. The van der Waals surface area contributed by atoms with Crippen LogP contribution in [0.2, 0.25) is 0 Å². The van der Waals surface area contributed by atoms with E-state index in [2.05, 4.69) is 11.2 Å². The van der Waals surface area contributed by atoms with Crippen LogP contribution in [0.15, 0.2) is 0 Å². The first-order valence-corrected chi connectivity index (χ1v) is 4.03. The van der Waals surface area contributed by atoms with Gasteiger partial charge >= 0.3 is 0 Å². The summed E-state index contributed by atoms with van der Waals surface area (Å²) < 4.78 is 0. The number of hydrogen-bond acceptors (Lipinski definition) is 2. The van der Waals surface area contributed by atoms with Crippen molar-refractivity contribution in [3.05, 3.63) is 0 Å². The van der Waals surface area contributed by atoms with E-state index in [-0.39, 0.29) is 0 Å². The second-order valence-electron chi connectivity index (χ2n) is 3.53. The van der Waals surface area contributed by atoms with Gasteiger partial charge in [-0.25, -0.2) is 0 Å². The van der Waals surface area contributed by atoms with E-state index < -0.39 is 5.60 Å². The molecule has 0 saturated heterocycles. The van der Waals surface area contributed by atoms with Gasteiger partial charge in [0.25, 0.3) is 0 Å². The summed E-state index contributed by atoms with van der Waals surface area (Å²) in [6.45, 7) is 2.38. The zero-order chi connectivity index (χ0) is 8.32. The van der Waals surface area contributed by atoms with Crippen LogP contribution >= 0.6 is 0 Å². The number of rotatable bonds is 4. The molecule has 0 aromatic carbocycles. The molecule has 0 aliphatic heterocycles. The van der Waals surface area contributed by atoms with Crippen molar-refractivity contribution in [3.8, 4) is 12.3 Å². The van der Waals surface area contributed by atoms with Crippen LogP contribution in [0.25, 0.3) is 0 Å². The van der Waals surface area contributed by atoms with Crippen LogP contribution < -0.4 is 5.32 Å². The maximum Gasteiger partial charge on any atom is 0.0852 e. The summed E-state index contributed by atoms with van der Waals surface area (Å²) in [6.07, 6.45) is 8.01. The van der Waals surface area contributed by atoms with E-state index in [9.17, 15) is 5.11 Å². The molecule has 0 spiro atoms. The fraction of sp³-hybridized carbons (Fsp3) is 0.778. The molecule has 0 heterocycles. The topological polar surface area (TPSA) is 32.3 Å². The Kier molecular flexibility index (Phi) is 2.53. The molecule has 2 N–H and O–H groups in total. The van der Waals surface area contributed by atoms with E-state index in [1.165, 1.54) is 12.8 Å². The predicted molar refractivity (Wildman–Crippen MR) is 45.1 cm³/mol. The van der Waals surface area contributed by atoms with E-state index in [0.29, 0.717) is 19.0 Å². The van der Waals surface area contributed by atoms with Crippen molar-refractivity contribution < 1.29 is 5.11 Å². The van der Waals surface area contributed by atoms with Gasteiger partial charge in [0.1, 0.15) is 0 Å². The van der Waals surface area contributed by atoms with Gasteiger partial charge in [0.2, 0.25) is 0 Å². The summed E-state index contributed by atoms with van der Waals surface area (Å²) in [5.74, 6) is 2.46. The zero-order valence-corrected chi connectivity index (χ0v) is 6.93. The van der Waals surface area contributed by atoms with E-state index in [0.717, 1.165) is 0 Å². The molecule has 11 heavy (non-hydrogen) atoms. The number of aliphatic hydroxyl groups is 1. The van der Waals surface area contributed by atoms with E-state index in [4.69, 9.17) is 6.42 Å². The van der Waals surface area contributed by atoms with Crippen LogP contribution in [0.5, 0.6) is 0 Å². The highest BCUT2D eigenvalue weighted by atomic mass is 16.3. The molecular weight excluding hydrogens is 138 g/mol. The smallest absolute Gasteiger partial charge is 0.0852 e. The van der Waals surface area contributed by atoms with Gasteiger partial charge in [0, 0.05) is 19.0 Å². The summed E-state index contributed by atoms with van der Waals surface area (Å²) in [5.41, 5.74) is -0.725.